The smallest absolute Gasteiger partial charge is 0.261 e. The van der Waals surface area contributed by atoms with Crippen molar-refractivity contribution >= 4 is 37.5 Å². The summed E-state index contributed by atoms with van der Waals surface area (Å²) in [7, 11) is -3.68. The van der Waals surface area contributed by atoms with E-state index in [9.17, 15) is 13.2 Å². The van der Waals surface area contributed by atoms with Gasteiger partial charge in [0, 0.05) is 22.3 Å². The quantitative estimate of drug-likeness (QED) is 0.789. The third-order valence-corrected chi connectivity index (χ3v) is 4.55. The molecule has 0 heterocycles. The van der Waals surface area contributed by atoms with Crippen molar-refractivity contribution in [2.24, 2.45) is 0 Å². The fraction of sp³-hybridized carbons (Fsp3) is 0.0625. The van der Waals surface area contributed by atoms with Crippen molar-refractivity contribution in [3.05, 3.63) is 71.2 Å². The maximum atomic E-state index is 12.3. The van der Waals surface area contributed by atoms with E-state index in [1.807, 2.05) is 0 Å². The van der Waals surface area contributed by atoms with Crippen molar-refractivity contribution in [2.75, 3.05) is 11.3 Å². The Morgan fingerprint density at radius 2 is 1.78 bits per heavy atom. The number of benzene rings is 2. The van der Waals surface area contributed by atoms with Crippen molar-refractivity contribution < 1.29 is 13.2 Å². The van der Waals surface area contributed by atoms with Gasteiger partial charge in [-0.1, -0.05) is 46.8 Å². The average Bonchev–Trinajstić information content (AvgIpc) is 2.53. The van der Waals surface area contributed by atoms with Crippen LogP contribution in [0.1, 0.15) is 10.4 Å². The number of anilines is 1. The molecule has 0 saturated heterocycles. The van der Waals surface area contributed by atoms with Crippen molar-refractivity contribution in [3.8, 4) is 0 Å². The van der Waals surface area contributed by atoms with Crippen LogP contribution >= 0.6 is 15.9 Å². The first-order valence-corrected chi connectivity index (χ1v) is 8.95. The van der Waals surface area contributed by atoms with Gasteiger partial charge in [0.2, 0.25) is 0 Å². The van der Waals surface area contributed by atoms with Gasteiger partial charge in [-0.3, -0.25) is 9.52 Å². The molecule has 0 unspecified atom stereocenters. The van der Waals surface area contributed by atoms with Crippen molar-refractivity contribution in [3.63, 3.8) is 0 Å². The number of carbonyl (C=O) groups excluding carboxylic acids is 1. The third kappa shape index (κ3) is 4.94. The number of halogens is 1. The number of hydrogen-bond donors (Lipinski definition) is 2. The minimum atomic E-state index is -3.68. The number of hydrogen-bond acceptors (Lipinski definition) is 3. The standard InChI is InChI=1S/C16H15BrN2O3S/c1-12(17)11-18-16(20)13-6-5-7-14(10-13)19-23(21,22)15-8-3-2-4-9-15/h2-10,19H,1,11H2,(H,18,20). The molecule has 0 aliphatic heterocycles. The van der Waals surface area contributed by atoms with Crippen LogP contribution in [-0.2, 0) is 10.0 Å². The van der Waals surface area contributed by atoms with Crippen LogP contribution in [0.2, 0.25) is 0 Å². The van der Waals surface area contributed by atoms with Gasteiger partial charge in [-0.25, -0.2) is 8.42 Å². The van der Waals surface area contributed by atoms with E-state index in [0.29, 0.717) is 22.3 Å². The number of rotatable bonds is 6. The van der Waals surface area contributed by atoms with Crippen LogP contribution in [0.15, 0.2) is 70.6 Å². The Balaban J connectivity index is 2.17. The zero-order valence-electron chi connectivity index (χ0n) is 12.1. The maximum Gasteiger partial charge on any atom is 0.261 e. The van der Waals surface area contributed by atoms with Gasteiger partial charge in [0.25, 0.3) is 15.9 Å². The highest BCUT2D eigenvalue weighted by molar-refractivity contribution is 9.11. The maximum absolute atomic E-state index is 12.3. The van der Waals surface area contributed by atoms with E-state index in [0.717, 1.165) is 0 Å². The molecule has 0 atom stereocenters. The van der Waals surface area contributed by atoms with Gasteiger partial charge < -0.3 is 5.32 Å². The molecule has 2 aromatic carbocycles. The Hall–Kier alpha value is -2.12. The lowest BCUT2D eigenvalue weighted by Gasteiger charge is -2.10. The predicted molar refractivity (Wildman–Crippen MR) is 94.1 cm³/mol. The van der Waals surface area contributed by atoms with Crippen LogP contribution in [0.5, 0.6) is 0 Å². The van der Waals surface area contributed by atoms with E-state index in [4.69, 9.17) is 0 Å². The second-order valence-corrected chi connectivity index (χ2v) is 7.50. The topological polar surface area (TPSA) is 75.3 Å². The van der Waals surface area contributed by atoms with Gasteiger partial charge in [-0.15, -0.1) is 0 Å². The molecule has 7 heteroatoms. The summed E-state index contributed by atoms with van der Waals surface area (Å²) in [6.45, 7) is 3.92. The lowest BCUT2D eigenvalue weighted by Crippen LogP contribution is -2.24. The van der Waals surface area contributed by atoms with E-state index in [1.54, 1.807) is 36.4 Å². The summed E-state index contributed by atoms with van der Waals surface area (Å²) in [4.78, 5) is 12.1. The van der Waals surface area contributed by atoms with Gasteiger partial charge in [0.1, 0.15) is 0 Å². The fourth-order valence-corrected chi connectivity index (χ4v) is 3.03. The molecule has 0 aromatic heterocycles. The molecule has 0 bridgehead atoms. The summed E-state index contributed by atoms with van der Waals surface area (Å²) < 4.78 is 27.6. The highest BCUT2D eigenvalue weighted by atomic mass is 79.9. The van der Waals surface area contributed by atoms with Crippen LogP contribution in [0.3, 0.4) is 0 Å². The Morgan fingerprint density at radius 1 is 1.09 bits per heavy atom. The van der Waals surface area contributed by atoms with Crippen LogP contribution in [-0.4, -0.2) is 20.9 Å². The third-order valence-electron chi connectivity index (χ3n) is 2.87. The van der Waals surface area contributed by atoms with Gasteiger partial charge in [-0.2, -0.15) is 0 Å². The number of carbonyl (C=O) groups is 1. The van der Waals surface area contributed by atoms with Gasteiger partial charge in [0.05, 0.1) is 4.90 Å². The van der Waals surface area contributed by atoms with Crippen molar-refractivity contribution in [2.45, 2.75) is 4.90 Å². The highest BCUT2D eigenvalue weighted by Crippen LogP contribution is 2.17. The lowest BCUT2D eigenvalue weighted by molar-refractivity contribution is 0.0958. The normalized spacial score (nSPS) is 10.8. The van der Waals surface area contributed by atoms with E-state index < -0.39 is 10.0 Å². The lowest BCUT2D eigenvalue weighted by atomic mass is 10.2. The zero-order valence-corrected chi connectivity index (χ0v) is 14.5. The molecule has 0 aliphatic rings. The van der Waals surface area contributed by atoms with E-state index >= 15 is 0 Å². The molecule has 0 radical (unpaired) electrons. The Bertz CT molecular complexity index is 820. The summed E-state index contributed by atoms with van der Waals surface area (Å²) in [6.07, 6.45) is 0. The molecular weight excluding hydrogens is 380 g/mol. The van der Waals surface area contributed by atoms with E-state index in [1.165, 1.54) is 18.2 Å². The minimum Gasteiger partial charge on any atom is -0.347 e. The molecular formula is C16H15BrN2O3S. The summed E-state index contributed by atoms with van der Waals surface area (Å²) in [5.74, 6) is -0.314. The molecule has 1 amide bonds. The number of amides is 1. The molecule has 2 rings (SSSR count). The molecule has 0 fully saturated rings. The van der Waals surface area contributed by atoms with Crippen molar-refractivity contribution in [1.82, 2.24) is 5.32 Å². The number of sulfonamides is 1. The summed E-state index contributed by atoms with van der Waals surface area (Å²) >= 11 is 3.15. The Labute approximate surface area is 143 Å². The monoisotopic (exact) mass is 394 g/mol. The van der Waals surface area contributed by atoms with Gasteiger partial charge in [-0.05, 0) is 30.3 Å². The molecule has 0 aliphatic carbocycles. The molecule has 120 valence electrons. The van der Waals surface area contributed by atoms with E-state index in [-0.39, 0.29) is 10.8 Å². The van der Waals surface area contributed by atoms with Crippen LogP contribution in [0, 0.1) is 0 Å². The number of nitrogens with one attached hydrogen (secondary N) is 2. The first-order chi connectivity index (χ1) is 10.9. The first kappa shape index (κ1) is 17.2. The second kappa shape index (κ2) is 7.43. The van der Waals surface area contributed by atoms with E-state index in [2.05, 4.69) is 32.5 Å². The summed E-state index contributed by atoms with van der Waals surface area (Å²) in [6, 6.07) is 14.3. The average molecular weight is 395 g/mol. The largest absolute Gasteiger partial charge is 0.347 e. The minimum absolute atomic E-state index is 0.158. The van der Waals surface area contributed by atoms with Crippen LogP contribution in [0.25, 0.3) is 0 Å². The fourth-order valence-electron chi connectivity index (χ4n) is 1.82. The van der Waals surface area contributed by atoms with Gasteiger partial charge >= 0.3 is 0 Å². The first-order valence-electron chi connectivity index (χ1n) is 6.68. The molecule has 2 N–H and O–H groups in total. The predicted octanol–water partition coefficient (Wildman–Crippen LogP) is 3.13. The summed E-state index contributed by atoms with van der Waals surface area (Å²) in [5, 5.41) is 2.66. The molecule has 0 saturated carbocycles. The van der Waals surface area contributed by atoms with Crippen LogP contribution < -0.4 is 10.0 Å². The zero-order chi connectivity index (χ0) is 16.9. The Kier molecular flexibility index (Phi) is 5.57. The highest BCUT2D eigenvalue weighted by Gasteiger charge is 2.14. The summed E-state index contributed by atoms with van der Waals surface area (Å²) in [5.41, 5.74) is 0.672. The SMILES string of the molecule is C=C(Br)CNC(=O)c1cccc(NS(=O)(=O)c2ccccc2)c1. The molecule has 0 spiro atoms. The Morgan fingerprint density at radius 3 is 2.43 bits per heavy atom. The van der Waals surface area contributed by atoms with Gasteiger partial charge in [0.15, 0.2) is 0 Å². The molecule has 23 heavy (non-hydrogen) atoms. The second-order valence-electron chi connectivity index (χ2n) is 4.70. The molecule has 2 aromatic rings. The molecule has 5 nitrogen and oxygen atoms in total. The van der Waals surface area contributed by atoms with Crippen molar-refractivity contribution in [1.29, 1.82) is 0 Å². The van der Waals surface area contributed by atoms with Crippen LogP contribution in [0.4, 0.5) is 5.69 Å².